The first-order valence-electron chi connectivity index (χ1n) is 8.50. The summed E-state index contributed by atoms with van der Waals surface area (Å²) in [6, 6.07) is 15.4. The van der Waals surface area contributed by atoms with Gasteiger partial charge in [-0.2, -0.15) is 0 Å². The fourth-order valence-electron chi connectivity index (χ4n) is 3.01. The number of nitrogens with zero attached hydrogens (tertiary/aromatic N) is 1. The quantitative estimate of drug-likeness (QED) is 0.693. The normalized spacial score (nSPS) is 12.9. The summed E-state index contributed by atoms with van der Waals surface area (Å²) < 4.78 is 10.7. The van der Waals surface area contributed by atoms with Crippen LogP contribution in [0.15, 0.2) is 53.9 Å². The molecule has 3 rings (SSSR count). The third-order valence-corrected chi connectivity index (χ3v) is 5.47. The highest BCUT2D eigenvalue weighted by Gasteiger charge is 2.33. The largest absolute Gasteiger partial charge is 0.497 e. The predicted octanol–water partition coefficient (Wildman–Crippen LogP) is 4.23. The van der Waals surface area contributed by atoms with Crippen molar-refractivity contribution in [1.29, 1.82) is 0 Å². The molecule has 1 aromatic heterocycles. The van der Waals surface area contributed by atoms with E-state index in [2.05, 4.69) is 5.32 Å². The van der Waals surface area contributed by atoms with Crippen molar-refractivity contribution < 1.29 is 14.3 Å². The molecule has 1 heterocycles. The van der Waals surface area contributed by atoms with Gasteiger partial charge in [0, 0.05) is 17.9 Å². The lowest BCUT2D eigenvalue weighted by atomic mass is 9.92. The second-order valence-corrected chi connectivity index (χ2v) is 7.13. The zero-order valence-electron chi connectivity index (χ0n) is 15.8. The Hall–Kier alpha value is -2.86. The average Bonchev–Trinajstić information content (AvgIpc) is 3.18. The molecular formula is C21H22N2O3S. The number of rotatable bonds is 6. The maximum atomic E-state index is 11.9. The van der Waals surface area contributed by atoms with Crippen LogP contribution in [0.4, 0.5) is 0 Å². The van der Waals surface area contributed by atoms with Crippen LogP contribution >= 0.6 is 11.3 Å². The SMILES string of the molecule is COc1ccc(C(C)(NC(C)=O)c2nc(-c3ccccc3OC)cs2)cc1. The Morgan fingerprint density at radius 3 is 2.41 bits per heavy atom. The molecule has 140 valence electrons. The van der Waals surface area contributed by atoms with Gasteiger partial charge >= 0.3 is 0 Å². The van der Waals surface area contributed by atoms with Gasteiger partial charge in [0.05, 0.1) is 19.9 Å². The number of carbonyl (C=O) groups excluding carboxylic acids is 1. The van der Waals surface area contributed by atoms with Crippen molar-refractivity contribution in [2.75, 3.05) is 14.2 Å². The van der Waals surface area contributed by atoms with E-state index in [1.165, 1.54) is 18.3 Å². The van der Waals surface area contributed by atoms with Crippen LogP contribution < -0.4 is 14.8 Å². The number of hydrogen-bond acceptors (Lipinski definition) is 5. The highest BCUT2D eigenvalue weighted by molar-refractivity contribution is 7.10. The minimum Gasteiger partial charge on any atom is -0.497 e. The van der Waals surface area contributed by atoms with E-state index in [0.29, 0.717) is 0 Å². The minimum atomic E-state index is -0.747. The highest BCUT2D eigenvalue weighted by Crippen LogP contribution is 2.37. The van der Waals surface area contributed by atoms with Crippen LogP contribution in [0.5, 0.6) is 11.5 Å². The minimum absolute atomic E-state index is 0.123. The van der Waals surface area contributed by atoms with Crippen molar-refractivity contribution in [2.24, 2.45) is 0 Å². The number of methoxy groups -OCH3 is 2. The fourth-order valence-corrected chi connectivity index (χ4v) is 3.97. The first-order valence-corrected chi connectivity index (χ1v) is 9.38. The summed E-state index contributed by atoms with van der Waals surface area (Å²) in [4.78, 5) is 16.8. The van der Waals surface area contributed by atoms with E-state index < -0.39 is 5.54 Å². The second-order valence-electron chi connectivity index (χ2n) is 6.27. The summed E-state index contributed by atoms with van der Waals surface area (Å²) in [6.45, 7) is 3.47. The van der Waals surface area contributed by atoms with E-state index in [4.69, 9.17) is 14.5 Å². The number of para-hydroxylation sites is 1. The van der Waals surface area contributed by atoms with Crippen LogP contribution in [0.2, 0.25) is 0 Å². The molecule has 5 nitrogen and oxygen atoms in total. The second kappa shape index (κ2) is 7.80. The van der Waals surface area contributed by atoms with Gasteiger partial charge in [0.15, 0.2) is 0 Å². The van der Waals surface area contributed by atoms with Crippen LogP contribution in [0.1, 0.15) is 24.4 Å². The van der Waals surface area contributed by atoms with Crippen molar-refractivity contribution in [3.8, 4) is 22.8 Å². The zero-order valence-corrected chi connectivity index (χ0v) is 16.6. The lowest BCUT2D eigenvalue weighted by molar-refractivity contribution is -0.120. The molecule has 0 saturated carbocycles. The number of amides is 1. The van der Waals surface area contributed by atoms with E-state index in [1.54, 1.807) is 14.2 Å². The van der Waals surface area contributed by atoms with Gasteiger partial charge in [-0.15, -0.1) is 11.3 Å². The molecule has 1 unspecified atom stereocenters. The molecule has 0 saturated heterocycles. The number of hydrogen-bond donors (Lipinski definition) is 1. The summed E-state index contributed by atoms with van der Waals surface area (Å²) in [6.07, 6.45) is 0. The maximum absolute atomic E-state index is 11.9. The molecule has 3 aromatic rings. The molecule has 1 N–H and O–H groups in total. The molecule has 0 spiro atoms. The molecule has 0 bridgehead atoms. The third kappa shape index (κ3) is 3.80. The molecule has 1 amide bonds. The molecule has 6 heteroatoms. The molecule has 0 aliphatic carbocycles. The molecule has 2 aromatic carbocycles. The smallest absolute Gasteiger partial charge is 0.217 e. The molecule has 0 aliphatic rings. The van der Waals surface area contributed by atoms with Gasteiger partial charge in [-0.05, 0) is 36.8 Å². The summed E-state index contributed by atoms with van der Waals surface area (Å²) in [7, 11) is 3.27. The lowest BCUT2D eigenvalue weighted by Gasteiger charge is -2.29. The van der Waals surface area contributed by atoms with Gasteiger partial charge in [-0.25, -0.2) is 4.98 Å². The molecular weight excluding hydrogens is 360 g/mol. The monoisotopic (exact) mass is 382 g/mol. The van der Waals surface area contributed by atoms with E-state index in [1.807, 2.05) is 60.8 Å². The third-order valence-electron chi connectivity index (χ3n) is 4.41. The fraction of sp³-hybridized carbons (Fsp3) is 0.238. The Morgan fingerprint density at radius 2 is 1.78 bits per heavy atom. The average molecular weight is 382 g/mol. The standard InChI is InChI=1S/C21H22N2O3S/c1-14(24)23-21(2,15-9-11-16(25-3)12-10-15)20-22-18(13-27-20)17-7-5-6-8-19(17)26-4/h5-13H,1-4H3,(H,23,24). The molecule has 0 aliphatic heterocycles. The van der Waals surface area contributed by atoms with Crippen LogP contribution in [0.25, 0.3) is 11.3 Å². The summed E-state index contributed by atoms with van der Waals surface area (Å²) in [5.74, 6) is 1.40. The van der Waals surface area contributed by atoms with Crippen molar-refractivity contribution in [3.63, 3.8) is 0 Å². The van der Waals surface area contributed by atoms with E-state index in [-0.39, 0.29) is 5.91 Å². The summed E-state index contributed by atoms with van der Waals surface area (Å²) >= 11 is 1.50. The van der Waals surface area contributed by atoms with Crippen molar-refractivity contribution in [2.45, 2.75) is 19.4 Å². The number of ether oxygens (including phenoxy) is 2. The Morgan fingerprint density at radius 1 is 1.07 bits per heavy atom. The Kier molecular flexibility index (Phi) is 5.46. The Labute approximate surface area is 163 Å². The zero-order chi connectivity index (χ0) is 19.4. The molecule has 27 heavy (non-hydrogen) atoms. The van der Waals surface area contributed by atoms with Crippen LogP contribution in [0.3, 0.4) is 0 Å². The topological polar surface area (TPSA) is 60.5 Å². The highest BCUT2D eigenvalue weighted by atomic mass is 32.1. The number of nitrogens with one attached hydrogen (secondary N) is 1. The van der Waals surface area contributed by atoms with E-state index in [0.717, 1.165) is 33.3 Å². The van der Waals surface area contributed by atoms with Gasteiger partial charge in [-0.3, -0.25) is 4.79 Å². The first kappa shape index (κ1) is 18.9. The lowest BCUT2D eigenvalue weighted by Crippen LogP contribution is -2.43. The van der Waals surface area contributed by atoms with E-state index >= 15 is 0 Å². The summed E-state index contributed by atoms with van der Waals surface area (Å²) in [5.41, 5.74) is 1.92. The summed E-state index contributed by atoms with van der Waals surface area (Å²) in [5, 5.41) is 5.83. The van der Waals surface area contributed by atoms with Crippen LogP contribution in [-0.2, 0) is 10.3 Å². The number of carbonyl (C=O) groups is 1. The van der Waals surface area contributed by atoms with Gasteiger partial charge in [0.25, 0.3) is 0 Å². The van der Waals surface area contributed by atoms with E-state index in [9.17, 15) is 4.79 Å². The molecule has 1 atom stereocenters. The Balaban J connectivity index is 2.06. The number of benzene rings is 2. The Bertz CT molecular complexity index is 937. The molecule has 0 fully saturated rings. The number of aromatic nitrogens is 1. The van der Waals surface area contributed by atoms with Crippen LogP contribution in [0, 0.1) is 0 Å². The van der Waals surface area contributed by atoms with Gasteiger partial charge < -0.3 is 14.8 Å². The van der Waals surface area contributed by atoms with Crippen molar-refractivity contribution in [1.82, 2.24) is 10.3 Å². The number of thiazole rings is 1. The van der Waals surface area contributed by atoms with Crippen molar-refractivity contribution >= 4 is 17.2 Å². The predicted molar refractivity (Wildman–Crippen MR) is 107 cm³/mol. The maximum Gasteiger partial charge on any atom is 0.217 e. The van der Waals surface area contributed by atoms with Crippen molar-refractivity contribution in [3.05, 3.63) is 64.5 Å². The molecule has 0 radical (unpaired) electrons. The van der Waals surface area contributed by atoms with Gasteiger partial charge in [-0.1, -0.05) is 24.3 Å². The van der Waals surface area contributed by atoms with Gasteiger partial charge in [0.2, 0.25) is 5.91 Å². The van der Waals surface area contributed by atoms with Gasteiger partial charge in [0.1, 0.15) is 22.0 Å². The first-order chi connectivity index (χ1) is 13.0. The van der Waals surface area contributed by atoms with Crippen LogP contribution in [-0.4, -0.2) is 25.1 Å².